The number of hydrogen-bond acceptors (Lipinski definition) is 2. The van der Waals surface area contributed by atoms with E-state index < -0.39 is 0 Å². The van der Waals surface area contributed by atoms with Gasteiger partial charge >= 0.3 is 0 Å². The van der Waals surface area contributed by atoms with Gasteiger partial charge in [0, 0.05) is 19.8 Å². The minimum absolute atomic E-state index is 0.724. The maximum absolute atomic E-state index is 5.01. The molecule has 1 heterocycles. The highest BCUT2D eigenvalue weighted by Crippen LogP contribution is 2.16. The molecule has 60 valence electrons. The molecule has 2 atom stereocenters. The smallest absolute Gasteiger partial charge is 0.0465 e. The lowest BCUT2D eigenvalue weighted by molar-refractivity contribution is 0.180. The van der Waals surface area contributed by atoms with Gasteiger partial charge in [-0.2, -0.15) is 0 Å². The van der Waals surface area contributed by atoms with Crippen molar-refractivity contribution in [3.05, 3.63) is 0 Å². The molecule has 0 bridgehead atoms. The number of hydrogen-bond donors (Lipinski definition) is 1. The van der Waals surface area contributed by atoms with Crippen LogP contribution in [0.4, 0.5) is 0 Å². The largest absolute Gasteiger partial charge is 0.385 e. The monoisotopic (exact) mass is 143 g/mol. The van der Waals surface area contributed by atoms with Crippen LogP contribution in [0.1, 0.15) is 19.8 Å². The molecule has 0 spiro atoms. The standard InChI is InChI=1S/C8H17NO/c1-7-5-8(6-9-7)3-4-10-2/h7-9H,3-6H2,1-2H3/t7-,8-/m0/s1. The molecule has 1 N–H and O–H groups in total. The molecule has 1 rings (SSSR count). The number of rotatable bonds is 3. The molecule has 10 heavy (non-hydrogen) atoms. The molecule has 0 amide bonds. The van der Waals surface area contributed by atoms with Crippen LogP contribution in [0.5, 0.6) is 0 Å². The Hall–Kier alpha value is -0.0800. The van der Waals surface area contributed by atoms with Crippen LogP contribution < -0.4 is 5.32 Å². The first-order chi connectivity index (χ1) is 4.83. The highest BCUT2D eigenvalue weighted by atomic mass is 16.5. The van der Waals surface area contributed by atoms with E-state index in [0.29, 0.717) is 0 Å². The average molecular weight is 143 g/mol. The van der Waals surface area contributed by atoms with Crippen molar-refractivity contribution in [2.45, 2.75) is 25.8 Å². The summed E-state index contributed by atoms with van der Waals surface area (Å²) in [6, 6.07) is 0.724. The van der Waals surface area contributed by atoms with Crippen LogP contribution in [0, 0.1) is 5.92 Å². The van der Waals surface area contributed by atoms with Crippen molar-refractivity contribution in [3.8, 4) is 0 Å². The van der Waals surface area contributed by atoms with E-state index in [4.69, 9.17) is 4.74 Å². The van der Waals surface area contributed by atoms with Crippen LogP contribution in [-0.4, -0.2) is 26.3 Å². The highest BCUT2D eigenvalue weighted by Gasteiger charge is 2.19. The molecule has 0 radical (unpaired) electrons. The zero-order valence-electron chi connectivity index (χ0n) is 6.89. The first kappa shape index (κ1) is 8.02. The number of ether oxygens (including phenoxy) is 1. The van der Waals surface area contributed by atoms with Gasteiger partial charge in [-0.3, -0.25) is 0 Å². The molecule has 0 aromatic carbocycles. The fourth-order valence-electron chi connectivity index (χ4n) is 1.54. The first-order valence-corrected chi connectivity index (χ1v) is 4.05. The summed E-state index contributed by atoms with van der Waals surface area (Å²) in [5.41, 5.74) is 0. The van der Waals surface area contributed by atoms with E-state index in [1.807, 2.05) is 0 Å². The third kappa shape index (κ3) is 2.27. The van der Waals surface area contributed by atoms with Crippen molar-refractivity contribution in [1.29, 1.82) is 0 Å². The van der Waals surface area contributed by atoms with Crippen molar-refractivity contribution in [1.82, 2.24) is 5.32 Å². The molecule has 0 saturated carbocycles. The Labute approximate surface area is 63.0 Å². The summed E-state index contributed by atoms with van der Waals surface area (Å²) in [5.74, 6) is 0.856. The predicted octanol–water partition coefficient (Wildman–Crippen LogP) is 1.02. The second-order valence-electron chi connectivity index (χ2n) is 3.19. The lowest BCUT2D eigenvalue weighted by Crippen LogP contribution is -2.16. The van der Waals surface area contributed by atoms with Gasteiger partial charge in [0.2, 0.25) is 0 Å². The predicted molar refractivity (Wildman–Crippen MR) is 42.1 cm³/mol. The Morgan fingerprint density at radius 2 is 2.40 bits per heavy atom. The number of methoxy groups -OCH3 is 1. The molecular weight excluding hydrogens is 126 g/mol. The fraction of sp³-hybridized carbons (Fsp3) is 1.00. The summed E-state index contributed by atoms with van der Waals surface area (Å²) in [6.07, 6.45) is 2.54. The molecule has 0 aromatic rings. The third-order valence-electron chi connectivity index (χ3n) is 2.17. The van der Waals surface area contributed by atoms with Gasteiger partial charge in [0.1, 0.15) is 0 Å². The molecule has 1 aliphatic rings. The van der Waals surface area contributed by atoms with Crippen LogP contribution in [0.25, 0.3) is 0 Å². The topological polar surface area (TPSA) is 21.3 Å². The molecule has 1 aliphatic heterocycles. The second kappa shape index (κ2) is 3.94. The lowest BCUT2D eigenvalue weighted by Gasteiger charge is -2.05. The van der Waals surface area contributed by atoms with Crippen LogP contribution >= 0.6 is 0 Å². The zero-order valence-corrected chi connectivity index (χ0v) is 6.89. The fourth-order valence-corrected chi connectivity index (χ4v) is 1.54. The van der Waals surface area contributed by atoms with Gasteiger partial charge in [-0.05, 0) is 32.2 Å². The SMILES string of the molecule is COCC[C@@H]1CN[C@@H](C)C1. The quantitative estimate of drug-likeness (QED) is 0.637. The van der Waals surface area contributed by atoms with E-state index >= 15 is 0 Å². The van der Waals surface area contributed by atoms with E-state index in [0.717, 1.165) is 18.6 Å². The summed E-state index contributed by atoms with van der Waals surface area (Å²) in [4.78, 5) is 0. The molecule has 0 aromatic heterocycles. The molecule has 2 heteroatoms. The van der Waals surface area contributed by atoms with Gasteiger partial charge in [-0.15, -0.1) is 0 Å². The molecule has 0 unspecified atom stereocenters. The maximum atomic E-state index is 5.01. The van der Waals surface area contributed by atoms with Crippen LogP contribution in [-0.2, 0) is 4.74 Å². The van der Waals surface area contributed by atoms with Crippen molar-refractivity contribution in [2.24, 2.45) is 5.92 Å². The molecule has 1 fully saturated rings. The van der Waals surface area contributed by atoms with Gasteiger partial charge in [0.05, 0.1) is 0 Å². The summed E-state index contributed by atoms with van der Waals surface area (Å²) < 4.78 is 5.01. The summed E-state index contributed by atoms with van der Waals surface area (Å²) in [5, 5.41) is 3.42. The van der Waals surface area contributed by atoms with Gasteiger partial charge < -0.3 is 10.1 Å². The average Bonchev–Trinajstić information content (AvgIpc) is 2.31. The number of nitrogens with one attached hydrogen (secondary N) is 1. The maximum Gasteiger partial charge on any atom is 0.0465 e. The van der Waals surface area contributed by atoms with Crippen molar-refractivity contribution in [2.75, 3.05) is 20.3 Å². The minimum atomic E-state index is 0.724. The highest BCUT2D eigenvalue weighted by molar-refractivity contribution is 4.77. The Balaban J connectivity index is 2.06. The van der Waals surface area contributed by atoms with E-state index in [2.05, 4.69) is 12.2 Å². The second-order valence-corrected chi connectivity index (χ2v) is 3.19. The third-order valence-corrected chi connectivity index (χ3v) is 2.17. The van der Waals surface area contributed by atoms with Crippen LogP contribution in [0.2, 0.25) is 0 Å². The van der Waals surface area contributed by atoms with E-state index in [1.54, 1.807) is 7.11 Å². The molecule has 2 nitrogen and oxygen atoms in total. The summed E-state index contributed by atoms with van der Waals surface area (Å²) in [6.45, 7) is 4.34. The van der Waals surface area contributed by atoms with Crippen molar-refractivity contribution < 1.29 is 4.74 Å². The molecular formula is C8H17NO. The van der Waals surface area contributed by atoms with Crippen LogP contribution in [0.3, 0.4) is 0 Å². The van der Waals surface area contributed by atoms with Gasteiger partial charge in [-0.1, -0.05) is 0 Å². The Kier molecular flexibility index (Phi) is 3.16. The van der Waals surface area contributed by atoms with Crippen molar-refractivity contribution >= 4 is 0 Å². The van der Waals surface area contributed by atoms with Gasteiger partial charge in [0.25, 0.3) is 0 Å². The summed E-state index contributed by atoms with van der Waals surface area (Å²) in [7, 11) is 1.77. The lowest BCUT2D eigenvalue weighted by atomic mass is 10.0. The Morgan fingerprint density at radius 3 is 2.90 bits per heavy atom. The van der Waals surface area contributed by atoms with Crippen molar-refractivity contribution in [3.63, 3.8) is 0 Å². The van der Waals surface area contributed by atoms with Gasteiger partial charge in [-0.25, -0.2) is 0 Å². The molecule has 0 aliphatic carbocycles. The zero-order chi connectivity index (χ0) is 7.40. The molecule has 1 saturated heterocycles. The summed E-state index contributed by atoms with van der Waals surface area (Å²) >= 11 is 0. The van der Waals surface area contributed by atoms with E-state index in [1.165, 1.54) is 19.4 Å². The van der Waals surface area contributed by atoms with Crippen LogP contribution in [0.15, 0.2) is 0 Å². The Bertz CT molecular complexity index is 95.3. The first-order valence-electron chi connectivity index (χ1n) is 4.05. The Morgan fingerprint density at radius 1 is 1.60 bits per heavy atom. The van der Waals surface area contributed by atoms with E-state index in [-0.39, 0.29) is 0 Å². The normalized spacial score (nSPS) is 33.0. The van der Waals surface area contributed by atoms with E-state index in [9.17, 15) is 0 Å². The van der Waals surface area contributed by atoms with Gasteiger partial charge in [0.15, 0.2) is 0 Å². The minimum Gasteiger partial charge on any atom is -0.385 e.